The fourth-order valence-electron chi connectivity index (χ4n) is 3.33. The van der Waals surface area contributed by atoms with Gasteiger partial charge in [-0.1, -0.05) is 18.2 Å². The summed E-state index contributed by atoms with van der Waals surface area (Å²) in [5.41, 5.74) is -0.282. The van der Waals surface area contributed by atoms with Crippen LogP contribution in [0.1, 0.15) is 24.8 Å². The molecule has 2 aromatic rings. The van der Waals surface area contributed by atoms with E-state index in [2.05, 4.69) is 11.1 Å². The van der Waals surface area contributed by atoms with Crippen LogP contribution in [-0.4, -0.2) is 35.8 Å². The number of para-hydroxylation sites is 1. The molecule has 26 heavy (non-hydrogen) atoms. The average molecular weight is 351 g/mol. The summed E-state index contributed by atoms with van der Waals surface area (Å²) in [6.45, 7) is 1.48. The van der Waals surface area contributed by atoms with Gasteiger partial charge in [-0.25, -0.2) is 4.98 Å². The van der Waals surface area contributed by atoms with Crippen molar-refractivity contribution in [2.45, 2.75) is 19.3 Å². The highest BCUT2D eigenvalue weighted by Gasteiger charge is 2.41. The number of anilines is 1. The van der Waals surface area contributed by atoms with E-state index in [1.54, 1.807) is 18.3 Å². The van der Waals surface area contributed by atoms with E-state index in [1.165, 1.54) is 0 Å². The minimum Gasteiger partial charge on any atom is -0.494 e. The van der Waals surface area contributed by atoms with Crippen molar-refractivity contribution in [3.05, 3.63) is 54.2 Å². The van der Waals surface area contributed by atoms with Gasteiger partial charge in [0.05, 0.1) is 17.6 Å². The third kappa shape index (κ3) is 3.77. The Labute approximate surface area is 152 Å². The van der Waals surface area contributed by atoms with E-state index in [-0.39, 0.29) is 0 Å². The van der Waals surface area contributed by atoms with Gasteiger partial charge in [0.15, 0.2) is 0 Å². The average Bonchev–Trinajstić information content (AvgIpc) is 2.69. The molecule has 3 rings (SSSR count). The Morgan fingerprint density at radius 3 is 2.62 bits per heavy atom. The topological polar surface area (TPSA) is 86.5 Å². The Morgan fingerprint density at radius 1 is 1.23 bits per heavy atom. The Kier molecular flexibility index (Phi) is 5.37. The van der Waals surface area contributed by atoms with Crippen LogP contribution in [-0.2, 0) is 4.79 Å². The standard InChI is InChI=1S/C20H21N3O3/c21-15-16-5-4-11-22-18(16)23-12-8-20(9-13-23,19(24)25)10-14-26-17-6-2-1-3-7-17/h1-7,11H,8-10,12-14H2,(H,24,25). The van der Waals surface area contributed by atoms with Gasteiger partial charge in [-0.15, -0.1) is 0 Å². The number of carboxylic acids is 1. The molecule has 6 heteroatoms. The number of carboxylic acid groups (broad SMARTS) is 1. The van der Waals surface area contributed by atoms with Crippen LogP contribution in [0.5, 0.6) is 5.75 Å². The van der Waals surface area contributed by atoms with E-state index in [0.717, 1.165) is 5.75 Å². The monoisotopic (exact) mass is 351 g/mol. The fraction of sp³-hybridized carbons (Fsp3) is 0.350. The number of nitrogens with zero attached hydrogens (tertiary/aromatic N) is 3. The molecule has 0 aliphatic carbocycles. The molecule has 1 aromatic carbocycles. The van der Waals surface area contributed by atoms with Crippen LogP contribution in [0.3, 0.4) is 0 Å². The van der Waals surface area contributed by atoms with E-state index < -0.39 is 11.4 Å². The zero-order valence-corrected chi connectivity index (χ0v) is 14.5. The maximum Gasteiger partial charge on any atom is 0.309 e. The lowest BCUT2D eigenvalue weighted by Gasteiger charge is -2.39. The minimum absolute atomic E-state index is 0.364. The summed E-state index contributed by atoms with van der Waals surface area (Å²) in [4.78, 5) is 18.2. The van der Waals surface area contributed by atoms with E-state index in [0.29, 0.717) is 50.3 Å². The first-order valence-electron chi connectivity index (χ1n) is 8.66. The number of aliphatic carboxylic acids is 1. The zero-order chi connectivity index (χ0) is 18.4. The van der Waals surface area contributed by atoms with Gasteiger partial charge in [0, 0.05) is 19.3 Å². The molecule has 1 aromatic heterocycles. The quantitative estimate of drug-likeness (QED) is 0.860. The molecule has 0 atom stereocenters. The summed E-state index contributed by atoms with van der Waals surface area (Å²) in [6.07, 6.45) is 3.12. The van der Waals surface area contributed by atoms with Crippen molar-refractivity contribution in [1.82, 2.24) is 4.98 Å². The van der Waals surface area contributed by atoms with Gasteiger partial charge in [-0.2, -0.15) is 5.26 Å². The molecule has 0 unspecified atom stereocenters. The number of aromatic nitrogens is 1. The first-order chi connectivity index (χ1) is 12.6. The van der Waals surface area contributed by atoms with Crippen LogP contribution < -0.4 is 9.64 Å². The van der Waals surface area contributed by atoms with E-state index in [9.17, 15) is 15.2 Å². The normalized spacial score (nSPS) is 15.9. The Morgan fingerprint density at radius 2 is 1.96 bits per heavy atom. The lowest BCUT2D eigenvalue weighted by molar-refractivity contribution is -0.151. The number of ether oxygens (including phenoxy) is 1. The summed E-state index contributed by atoms with van der Waals surface area (Å²) >= 11 is 0. The largest absolute Gasteiger partial charge is 0.494 e. The first-order valence-corrected chi connectivity index (χ1v) is 8.66. The van der Waals surface area contributed by atoms with Crippen molar-refractivity contribution >= 4 is 11.8 Å². The van der Waals surface area contributed by atoms with E-state index >= 15 is 0 Å². The molecule has 6 nitrogen and oxygen atoms in total. The van der Waals surface area contributed by atoms with Crippen molar-refractivity contribution in [3.63, 3.8) is 0 Å². The van der Waals surface area contributed by atoms with Gasteiger partial charge in [0.2, 0.25) is 0 Å². The van der Waals surface area contributed by atoms with Crippen LogP contribution in [0, 0.1) is 16.7 Å². The highest BCUT2D eigenvalue weighted by molar-refractivity contribution is 5.75. The molecule has 134 valence electrons. The second kappa shape index (κ2) is 7.87. The molecule has 1 saturated heterocycles. The number of benzene rings is 1. The number of carbonyl (C=O) groups is 1. The van der Waals surface area contributed by atoms with Crippen molar-refractivity contribution in [2.75, 3.05) is 24.6 Å². The van der Waals surface area contributed by atoms with Crippen molar-refractivity contribution < 1.29 is 14.6 Å². The fourth-order valence-corrected chi connectivity index (χ4v) is 3.33. The number of hydrogen-bond donors (Lipinski definition) is 1. The lowest BCUT2D eigenvalue weighted by Crippen LogP contribution is -2.45. The van der Waals surface area contributed by atoms with Crippen molar-refractivity contribution in [2.24, 2.45) is 5.41 Å². The molecule has 0 saturated carbocycles. The molecule has 1 fully saturated rings. The predicted molar refractivity (Wildman–Crippen MR) is 97.0 cm³/mol. The summed E-state index contributed by atoms with van der Waals surface area (Å²) in [5, 5.41) is 19.0. The number of nitriles is 1. The number of hydrogen-bond acceptors (Lipinski definition) is 5. The van der Waals surface area contributed by atoms with Crippen LogP contribution >= 0.6 is 0 Å². The van der Waals surface area contributed by atoms with E-state index in [4.69, 9.17) is 4.74 Å². The number of pyridine rings is 1. The summed E-state index contributed by atoms with van der Waals surface area (Å²) in [7, 11) is 0. The minimum atomic E-state index is -0.799. The zero-order valence-electron chi connectivity index (χ0n) is 14.5. The molecular formula is C20H21N3O3. The molecule has 1 N–H and O–H groups in total. The predicted octanol–water partition coefficient (Wildman–Crippen LogP) is 3.09. The molecule has 0 bridgehead atoms. The third-order valence-electron chi connectivity index (χ3n) is 4.97. The van der Waals surface area contributed by atoms with E-state index in [1.807, 2.05) is 35.2 Å². The molecule has 0 amide bonds. The molecule has 1 aliphatic rings. The molecule has 2 heterocycles. The van der Waals surface area contributed by atoms with Gasteiger partial charge in [-0.05, 0) is 43.5 Å². The Hall–Kier alpha value is -3.07. The van der Waals surface area contributed by atoms with Gasteiger partial charge >= 0.3 is 5.97 Å². The first kappa shape index (κ1) is 17.7. The second-order valence-corrected chi connectivity index (χ2v) is 6.47. The summed E-state index contributed by atoms with van der Waals surface area (Å²) < 4.78 is 5.70. The van der Waals surface area contributed by atoms with Gasteiger partial charge in [-0.3, -0.25) is 4.79 Å². The number of piperidine rings is 1. The van der Waals surface area contributed by atoms with Crippen LogP contribution in [0.4, 0.5) is 5.82 Å². The number of rotatable bonds is 6. The van der Waals surface area contributed by atoms with Crippen LogP contribution in [0.15, 0.2) is 48.7 Å². The Bertz CT molecular complexity index is 793. The maximum atomic E-state index is 11.9. The maximum absolute atomic E-state index is 11.9. The third-order valence-corrected chi connectivity index (χ3v) is 4.97. The van der Waals surface area contributed by atoms with Gasteiger partial charge < -0.3 is 14.7 Å². The van der Waals surface area contributed by atoms with Gasteiger partial charge in [0.1, 0.15) is 17.6 Å². The summed E-state index contributed by atoms with van der Waals surface area (Å²) in [5.74, 6) is 0.600. The van der Waals surface area contributed by atoms with Gasteiger partial charge in [0.25, 0.3) is 0 Å². The Balaban J connectivity index is 1.63. The highest BCUT2D eigenvalue weighted by atomic mass is 16.5. The summed E-state index contributed by atoms with van der Waals surface area (Å²) in [6, 6.07) is 15.0. The SMILES string of the molecule is N#Cc1cccnc1N1CCC(CCOc2ccccc2)(C(=O)O)CC1. The van der Waals surface area contributed by atoms with Crippen molar-refractivity contribution in [1.29, 1.82) is 5.26 Å². The molecule has 0 spiro atoms. The van der Waals surface area contributed by atoms with Crippen molar-refractivity contribution in [3.8, 4) is 11.8 Å². The van der Waals surface area contributed by atoms with Crippen LogP contribution in [0.2, 0.25) is 0 Å². The lowest BCUT2D eigenvalue weighted by atomic mass is 9.76. The highest BCUT2D eigenvalue weighted by Crippen LogP contribution is 2.37. The van der Waals surface area contributed by atoms with Crippen LogP contribution in [0.25, 0.3) is 0 Å². The molecular weight excluding hydrogens is 330 g/mol. The molecule has 1 aliphatic heterocycles. The second-order valence-electron chi connectivity index (χ2n) is 6.47. The smallest absolute Gasteiger partial charge is 0.309 e. The molecule has 0 radical (unpaired) electrons.